The molecule has 156 valence electrons. The van der Waals surface area contributed by atoms with Crippen molar-refractivity contribution in [3.63, 3.8) is 0 Å². The lowest BCUT2D eigenvalue weighted by molar-refractivity contribution is 0.0611. The first-order chi connectivity index (χ1) is 14.8. The highest BCUT2D eigenvalue weighted by molar-refractivity contribution is 5.47. The zero-order valence-electron chi connectivity index (χ0n) is 15.8. The molecule has 0 aliphatic carbocycles. The Morgan fingerprint density at radius 3 is 2.97 bits per heavy atom. The Morgan fingerprint density at radius 2 is 2.03 bits per heavy atom. The SMILES string of the molecule is c1coc(CNC2COC3C2OCC3n2nnnc2Oc2ccc3c(c2)OCO3)c1. The second kappa shape index (κ2) is 7.27. The molecule has 3 aliphatic rings. The fourth-order valence-corrected chi connectivity index (χ4v) is 4.02. The van der Waals surface area contributed by atoms with Crippen molar-refractivity contribution in [2.75, 3.05) is 20.0 Å². The van der Waals surface area contributed by atoms with E-state index in [0.717, 1.165) is 5.76 Å². The molecule has 0 bridgehead atoms. The van der Waals surface area contributed by atoms with Gasteiger partial charge in [0.15, 0.2) is 11.5 Å². The maximum Gasteiger partial charge on any atom is 0.341 e. The zero-order chi connectivity index (χ0) is 19.9. The van der Waals surface area contributed by atoms with Crippen LogP contribution in [-0.2, 0) is 16.0 Å². The Morgan fingerprint density at radius 1 is 1.10 bits per heavy atom. The molecule has 11 heteroatoms. The fourth-order valence-electron chi connectivity index (χ4n) is 4.02. The quantitative estimate of drug-likeness (QED) is 0.634. The van der Waals surface area contributed by atoms with Gasteiger partial charge in [-0.3, -0.25) is 0 Å². The number of fused-ring (bicyclic) bond motifs is 2. The highest BCUT2D eigenvalue weighted by Gasteiger charge is 2.49. The van der Waals surface area contributed by atoms with E-state index in [9.17, 15) is 0 Å². The number of ether oxygens (including phenoxy) is 5. The third-order valence-corrected chi connectivity index (χ3v) is 5.48. The average molecular weight is 413 g/mol. The van der Waals surface area contributed by atoms with Crippen LogP contribution in [0.1, 0.15) is 11.8 Å². The first-order valence-electron chi connectivity index (χ1n) is 9.69. The number of nitrogens with zero attached hydrogens (tertiary/aromatic N) is 4. The van der Waals surface area contributed by atoms with Crippen LogP contribution in [0.2, 0.25) is 0 Å². The number of benzene rings is 1. The molecule has 0 saturated carbocycles. The molecule has 3 aliphatic heterocycles. The molecule has 0 amide bonds. The van der Waals surface area contributed by atoms with Gasteiger partial charge in [-0.2, -0.15) is 4.68 Å². The number of hydrogen-bond donors (Lipinski definition) is 1. The highest BCUT2D eigenvalue weighted by Crippen LogP contribution is 2.38. The van der Waals surface area contributed by atoms with Crippen LogP contribution in [-0.4, -0.2) is 58.5 Å². The van der Waals surface area contributed by atoms with E-state index < -0.39 is 0 Å². The van der Waals surface area contributed by atoms with Gasteiger partial charge in [-0.25, -0.2) is 0 Å². The maximum absolute atomic E-state index is 6.03. The number of rotatable bonds is 6. The summed E-state index contributed by atoms with van der Waals surface area (Å²) in [5.74, 6) is 2.73. The van der Waals surface area contributed by atoms with E-state index in [4.69, 9.17) is 28.1 Å². The van der Waals surface area contributed by atoms with Crippen LogP contribution in [0, 0.1) is 0 Å². The lowest BCUT2D eigenvalue weighted by Gasteiger charge is -2.17. The van der Waals surface area contributed by atoms with E-state index >= 15 is 0 Å². The molecule has 2 saturated heterocycles. The largest absolute Gasteiger partial charge is 0.468 e. The first kappa shape index (κ1) is 17.7. The van der Waals surface area contributed by atoms with Crippen molar-refractivity contribution < 1.29 is 28.1 Å². The summed E-state index contributed by atoms with van der Waals surface area (Å²) < 4.78 is 35.7. The number of aromatic nitrogens is 4. The summed E-state index contributed by atoms with van der Waals surface area (Å²) in [5.41, 5.74) is 0. The van der Waals surface area contributed by atoms with Crippen molar-refractivity contribution in [2.24, 2.45) is 0 Å². The number of nitrogens with one attached hydrogen (secondary N) is 1. The van der Waals surface area contributed by atoms with Gasteiger partial charge in [-0.05, 0) is 34.7 Å². The van der Waals surface area contributed by atoms with Crippen LogP contribution in [0.25, 0.3) is 0 Å². The number of tetrazole rings is 1. The molecule has 4 atom stereocenters. The number of hydrogen-bond acceptors (Lipinski definition) is 10. The molecule has 0 radical (unpaired) electrons. The van der Waals surface area contributed by atoms with Crippen LogP contribution >= 0.6 is 0 Å². The summed E-state index contributed by atoms with van der Waals surface area (Å²) in [6, 6.07) is 9.24. The lowest BCUT2D eigenvalue weighted by atomic mass is 10.1. The van der Waals surface area contributed by atoms with E-state index in [1.54, 1.807) is 29.1 Å². The highest BCUT2D eigenvalue weighted by atomic mass is 16.7. The molecule has 2 aromatic heterocycles. The Hall–Kier alpha value is -3.15. The van der Waals surface area contributed by atoms with Gasteiger partial charge in [0.05, 0.1) is 32.1 Å². The fraction of sp³-hybridized carbons (Fsp3) is 0.421. The second-order valence-electron chi connectivity index (χ2n) is 7.25. The zero-order valence-corrected chi connectivity index (χ0v) is 15.8. The minimum Gasteiger partial charge on any atom is -0.468 e. The van der Waals surface area contributed by atoms with Crippen molar-refractivity contribution >= 4 is 0 Å². The third kappa shape index (κ3) is 3.07. The Kier molecular flexibility index (Phi) is 4.29. The lowest BCUT2D eigenvalue weighted by Crippen LogP contribution is -2.40. The predicted octanol–water partition coefficient (Wildman–Crippen LogP) is 1.28. The van der Waals surface area contributed by atoms with Crippen molar-refractivity contribution in [3.8, 4) is 23.3 Å². The summed E-state index contributed by atoms with van der Waals surface area (Å²) >= 11 is 0. The molecular formula is C19H19N5O6. The summed E-state index contributed by atoms with van der Waals surface area (Å²) in [5, 5.41) is 15.4. The summed E-state index contributed by atoms with van der Waals surface area (Å²) in [7, 11) is 0. The average Bonchev–Trinajstić information content (AvgIpc) is 3.55. The minimum atomic E-state index is -0.190. The molecule has 4 unspecified atom stereocenters. The van der Waals surface area contributed by atoms with Gasteiger partial charge in [0.1, 0.15) is 29.8 Å². The van der Waals surface area contributed by atoms with Gasteiger partial charge >= 0.3 is 6.01 Å². The minimum absolute atomic E-state index is 0.0554. The van der Waals surface area contributed by atoms with Crippen molar-refractivity contribution in [3.05, 3.63) is 42.4 Å². The molecule has 11 nitrogen and oxygen atoms in total. The van der Waals surface area contributed by atoms with Gasteiger partial charge in [0.2, 0.25) is 6.79 Å². The molecular weight excluding hydrogens is 394 g/mol. The monoisotopic (exact) mass is 413 g/mol. The molecule has 0 spiro atoms. The van der Waals surface area contributed by atoms with Crippen LogP contribution < -0.4 is 19.5 Å². The summed E-state index contributed by atoms with van der Waals surface area (Å²) in [6.45, 7) is 1.77. The molecule has 5 heterocycles. The molecule has 1 N–H and O–H groups in total. The van der Waals surface area contributed by atoms with E-state index in [2.05, 4.69) is 20.8 Å². The summed E-state index contributed by atoms with van der Waals surface area (Å²) in [4.78, 5) is 0. The van der Waals surface area contributed by atoms with Gasteiger partial charge in [0, 0.05) is 6.07 Å². The van der Waals surface area contributed by atoms with Crippen LogP contribution in [0.3, 0.4) is 0 Å². The topological polar surface area (TPSA) is 115 Å². The third-order valence-electron chi connectivity index (χ3n) is 5.48. The Bertz CT molecular complexity index is 1020. The van der Waals surface area contributed by atoms with E-state index in [1.807, 2.05) is 12.1 Å². The van der Waals surface area contributed by atoms with Gasteiger partial charge < -0.3 is 33.4 Å². The first-order valence-corrected chi connectivity index (χ1v) is 9.69. The van der Waals surface area contributed by atoms with Crippen LogP contribution in [0.4, 0.5) is 0 Å². The van der Waals surface area contributed by atoms with E-state index in [0.29, 0.717) is 37.0 Å². The van der Waals surface area contributed by atoms with Gasteiger partial charge in [0.25, 0.3) is 0 Å². The van der Waals surface area contributed by atoms with Crippen LogP contribution in [0.5, 0.6) is 23.3 Å². The van der Waals surface area contributed by atoms with Crippen LogP contribution in [0.15, 0.2) is 41.0 Å². The van der Waals surface area contributed by atoms with Crippen molar-refractivity contribution in [2.45, 2.75) is 30.8 Å². The van der Waals surface area contributed by atoms with E-state index in [-0.39, 0.29) is 37.1 Å². The molecule has 3 aromatic rings. The molecule has 6 rings (SSSR count). The normalized spacial score (nSPS) is 26.8. The molecule has 2 fully saturated rings. The Balaban J connectivity index is 1.15. The second-order valence-corrected chi connectivity index (χ2v) is 7.25. The standard InChI is InChI=1S/C19H19N5O6/c1-2-12(25-5-1)7-20-13-8-26-18-14(9-27-17(13)18)24-19(21-22-23-24)30-11-3-4-15-16(6-11)29-10-28-15/h1-6,13-14,17-18,20H,7-10H2. The van der Waals surface area contributed by atoms with Gasteiger partial charge in [-0.1, -0.05) is 5.10 Å². The summed E-state index contributed by atoms with van der Waals surface area (Å²) in [6.07, 6.45) is 1.38. The maximum atomic E-state index is 6.03. The molecule has 1 aromatic carbocycles. The van der Waals surface area contributed by atoms with Crippen molar-refractivity contribution in [1.29, 1.82) is 0 Å². The predicted molar refractivity (Wildman–Crippen MR) is 98.3 cm³/mol. The van der Waals surface area contributed by atoms with Gasteiger partial charge in [-0.15, -0.1) is 0 Å². The smallest absolute Gasteiger partial charge is 0.341 e. The van der Waals surface area contributed by atoms with Crippen molar-refractivity contribution in [1.82, 2.24) is 25.5 Å². The number of furan rings is 1. The molecule has 30 heavy (non-hydrogen) atoms. The Labute approximate surface area is 170 Å². The van der Waals surface area contributed by atoms with E-state index in [1.165, 1.54) is 0 Å².